The van der Waals surface area contributed by atoms with E-state index in [4.69, 9.17) is 10.5 Å². The summed E-state index contributed by atoms with van der Waals surface area (Å²) in [6.07, 6.45) is 0. The van der Waals surface area contributed by atoms with Crippen molar-refractivity contribution in [2.75, 3.05) is 0 Å². The van der Waals surface area contributed by atoms with Crippen molar-refractivity contribution in [3.63, 3.8) is 0 Å². The lowest BCUT2D eigenvalue weighted by atomic mass is 9.89. The SMILES string of the molecule is CC(C)C(=C(C#N)C#N)C(C)C. The Hall–Kier alpha value is -1.28. The fourth-order valence-corrected chi connectivity index (χ4v) is 1.40. The molecule has 0 heterocycles. The number of rotatable bonds is 2. The first kappa shape index (κ1) is 10.7. The number of nitriles is 2. The van der Waals surface area contributed by atoms with E-state index >= 15 is 0 Å². The minimum absolute atomic E-state index is 0.277. The molecule has 64 valence electrons. The molecule has 0 unspecified atom stereocenters. The minimum Gasteiger partial charge on any atom is -0.192 e. The minimum atomic E-state index is 0.277. The van der Waals surface area contributed by atoms with E-state index in [9.17, 15) is 0 Å². The van der Waals surface area contributed by atoms with Gasteiger partial charge in [-0.3, -0.25) is 0 Å². The van der Waals surface area contributed by atoms with Crippen LogP contribution in [0.25, 0.3) is 0 Å². The molecule has 0 aromatic carbocycles. The van der Waals surface area contributed by atoms with Crippen molar-refractivity contribution in [3.8, 4) is 12.1 Å². The van der Waals surface area contributed by atoms with Gasteiger partial charge in [-0.15, -0.1) is 0 Å². The van der Waals surface area contributed by atoms with Crippen LogP contribution < -0.4 is 0 Å². The van der Waals surface area contributed by atoms with Gasteiger partial charge in [-0.25, -0.2) is 0 Å². The van der Waals surface area contributed by atoms with Gasteiger partial charge >= 0.3 is 0 Å². The fourth-order valence-electron chi connectivity index (χ4n) is 1.40. The standard InChI is InChI=1S/C10H14N2/c1-7(2)10(8(3)4)9(5-11)6-12/h7-8H,1-4H3. The summed E-state index contributed by atoms with van der Waals surface area (Å²) >= 11 is 0. The second-order valence-corrected chi connectivity index (χ2v) is 3.36. The molecule has 0 aromatic rings. The van der Waals surface area contributed by atoms with Crippen LogP contribution in [0.5, 0.6) is 0 Å². The molecule has 0 saturated heterocycles. The first-order valence-electron chi connectivity index (χ1n) is 4.08. The zero-order valence-corrected chi connectivity index (χ0v) is 8.05. The van der Waals surface area contributed by atoms with E-state index in [2.05, 4.69) is 0 Å². The molecule has 2 nitrogen and oxygen atoms in total. The topological polar surface area (TPSA) is 47.6 Å². The lowest BCUT2D eigenvalue weighted by molar-refractivity contribution is 0.622. The van der Waals surface area contributed by atoms with E-state index in [1.807, 2.05) is 39.8 Å². The largest absolute Gasteiger partial charge is 0.192 e. The molecule has 12 heavy (non-hydrogen) atoms. The van der Waals surface area contributed by atoms with Gasteiger partial charge in [0.1, 0.15) is 17.7 Å². The molecule has 0 fully saturated rings. The number of nitrogens with zero attached hydrogens (tertiary/aromatic N) is 2. The normalized spacial score (nSPS) is 9.33. The van der Waals surface area contributed by atoms with Gasteiger partial charge in [0.05, 0.1) is 0 Å². The molecule has 0 aromatic heterocycles. The Balaban J connectivity index is 5.11. The van der Waals surface area contributed by atoms with Crippen molar-refractivity contribution in [2.45, 2.75) is 27.7 Å². The molecule has 0 amide bonds. The van der Waals surface area contributed by atoms with E-state index in [1.165, 1.54) is 0 Å². The van der Waals surface area contributed by atoms with Crippen LogP contribution in [-0.4, -0.2) is 0 Å². The summed E-state index contributed by atoms with van der Waals surface area (Å²) < 4.78 is 0. The summed E-state index contributed by atoms with van der Waals surface area (Å²) in [6.45, 7) is 8.02. The van der Waals surface area contributed by atoms with Crippen molar-refractivity contribution in [1.29, 1.82) is 10.5 Å². The number of hydrogen-bond donors (Lipinski definition) is 0. The van der Waals surface area contributed by atoms with Crippen molar-refractivity contribution in [3.05, 3.63) is 11.1 Å². The van der Waals surface area contributed by atoms with Gasteiger partial charge in [0.15, 0.2) is 0 Å². The highest BCUT2D eigenvalue weighted by atomic mass is 14.3. The highest BCUT2D eigenvalue weighted by molar-refractivity contribution is 5.41. The predicted molar refractivity (Wildman–Crippen MR) is 47.9 cm³/mol. The van der Waals surface area contributed by atoms with Gasteiger partial charge in [-0.2, -0.15) is 10.5 Å². The van der Waals surface area contributed by atoms with Gasteiger partial charge in [-0.05, 0) is 17.4 Å². The van der Waals surface area contributed by atoms with Gasteiger partial charge in [0.2, 0.25) is 0 Å². The quantitative estimate of drug-likeness (QED) is 0.586. The molecule has 0 rings (SSSR count). The van der Waals surface area contributed by atoms with E-state index < -0.39 is 0 Å². The predicted octanol–water partition coefficient (Wildman–Crippen LogP) is 2.64. The van der Waals surface area contributed by atoms with Gasteiger partial charge in [0, 0.05) is 0 Å². The van der Waals surface area contributed by atoms with Crippen LogP contribution >= 0.6 is 0 Å². The van der Waals surface area contributed by atoms with Gasteiger partial charge < -0.3 is 0 Å². The Morgan fingerprint density at radius 1 is 0.917 bits per heavy atom. The van der Waals surface area contributed by atoms with Crippen LogP contribution in [0.2, 0.25) is 0 Å². The molecule has 0 aliphatic heterocycles. The molecule has 0 N–H and O–H groups in total. The smallest absolute Gasteiger partial charge is 0.129 e. The Bertz CT molecular complexity index is 233. The molecular formula is C10H14N2. The summed E-state index contributed by atoms with van der Waals surface area (Å²) in [5.41, 5.74) is 1.24. The van der Waals surface area contributed by atoms with Crippen LogP contribution in [0.3, 0.4) is 0 Å². The summed E-state index contributed by atoms with van der Waals surface area (Å²) in [5, 5.41) is 17.3. The molecule has 0 atom stereocenters. The third kappa shape index (κ3) is 2.40. The van der Waals surface area contributed by atoms with Crippen molar-refractivity contribution < 1.29 is 0 Å². The number of hydrogen-bond acceptors (Lipinski definition) is 2. The van der Waals surface area contributed by atoms with E-state index in [0.717, 1.165) is 5.57 Å². The van der Waals surface area contributed by atoms with E-state index in [1.54, 1.807) is 0 Å². The summed E-state index contributed by atoms with van der Waals surface area (Å²) in [4.78, 5) is 0. The summed E-state index contributed by atoms with van der Waals surface area (Å²) in [7, 11) is 0. The first-order chi connectivity index (χ1) is 5.54. The molecule has 0 saturated carbocycles. The lowest BCUT2D eigenvalue weighted by Gasteiger charge is -2.14. The highest BCUT2D eigenvalue weighted by Crippen LogP contribution is 2.22. The molecule has 0 aliphatic carbocycles. The molecular weight excluding hydrogens is 148 g/mol. The zero-order chi connectivity index (χ0) is 9.72. The van der Waals surface area contributed by atoms with Crippen LogP contribution in [-0.2, 0) is 0 Å². The van der Waals surface area contributed by atoms with E-state index in [0.29, 0.717) is 0 Å². The zero-order valence-electron chi connectivity index (χ0n) is 8.05. The van der Waals surface area contributed by atoms with Crippen LogP contribution in [0, 0.1) is 34.5 Å². The maximum atomic E-state index is 8.66. The third-order valence-corrected chi connectivity index (χ3v) is 1.76. The van der Waals surface area contributed by atoms with Crippen LogP contribution in [0.1, 0.15) is 27.7 Å². The third-order valence-electron chi connectivity index (χ3n) is 1.76. The van der Waals surface area contributed by atoms with Crippen molar-refractivity contribution in [1.82, 2.24) is 0 Å². The molecule has 0 aliphatic rings. The first-order valence-corrected chi connectivity index (χ1v) is 4.08. The lowest BCUT2D eigenvalue weighted by Crippen LogP contribution is -2.05. The van der Waals surface area contributed by atoms with Crippen LogP contribution in [0.15, 0.2) is 11.1 Å². The van der Waals surface area contributed by atoms with Crippen LogP contribution in [0.4, 0.5) is 0 Å². The van der Waals surface area contributed by atoms with Gasteiger partial charge in [-0.1, -0.05) is 27.7 Å². The monoisotopic (exact) mass is 162 g/mol. The van der Waals surface area contributed by atoms with Crippen molar-refractivity contribution >= 4 is 0 Å². The second-order valence-electron chi connectivity index (χ2n) is 3.36. The average molecular weight is 162 g/mol. The van der Waals surface area contributed by atoms with Gasteiger partial charge in [0.25, 0.3) is 0 Å². The van der Waals surface area contributed by atoms with Crippen molar-refractivity contribution in [2.24, 2.45) is 11.8 Å². The Morgan fingerprint density at radius 2 is 1.25 bits per heavy atom. The molecule has 0 radical (unpaired) electrons. The molecule has 0 bridgehead atoms. The van der Waals surface area contributed by atoms with E-state index in [-0.39, 0.29) is 17.4 Å². The Labute approximate surface area is 74.1 Å². The maximum Gasteiger partial charge on any atom is 0.129 e. The molecule has 0 spiro atoms. The Kier molecular flexibility index (Phi) is 4.08. The second kappa shape index (κ2) is 4.57. The fraction of sp³-hybridized carbons (Fsp3) is 0.600. The maximum absolute atomic E-state index is 8.66. The average Bonchev–Trinajstić information content (AvgIpc) is 1.98. The highest BCUT2D eigenvalue weighted by Gasteiger charge is 2.13. The molecule has 2 heteroatoms. The number of allylic oxidation sites excluding steroid dienone is 2. The summed E-state index contributed by atoms with van der Waals surface area (Å²) in [6, 6.07) is 3.87. The Morgan fingerprint density at radius 3 is 1.33 bits per heavy atom. The summed E-state index contributed by atoms with van der Waals surface area (Å²) in [5.74, 6) is 0.554.